The number of aliphatic imine (C=N–C) groups is 1. The summed E-state index contributed by atoms with van der Waals surface area (Å²) in [6, 6.07) is 17.3. The van der Waals surface area contributed by atoms with Crippen molar-refractivity contribution in [1.82, 2.24) is 4.98 Å². The highest BCUT2D eigenvalue weighted by Gasteiger charge is 2.23. The Labute approximate surface area is 195 Å². The molecule has 5 aromatic rings. The van der Waals surface area contributed by atoms with E-state index >= 15 is 0 Å². The van der Waals surface area contributed by atoms with Crippen LogP contribution in [0, 0.1) is 20.2 Å². The topological polar surface area (TPSA) is 165 Å². The maximum Gasteiger partial charge on any atom is 0.318 e. The number of nitro groups is 2. The van der Waals surface area contributed by atoms with E-state index in [1.165, 1.54) is 0 Å². The summed E-state index contributed by atoms with van der Waals surface area (Å²) in [6.07, 6.45) is 1.09. The monoisotopic (exact) mass is 470 g/mol. The van der Waals surface area contributed by atoms with Gasteiger partial charge in [-0.05, 0) is 41.1 Å². The molecule has 0 aliphatic heterocycles. The molecule has 0 radical (unpaired) electrons. The van der Waals surface area contributed by atoms with Crippen molar-refractivity contribution in [3.63, 3.8) is 0 Å². The van der Waals surface area contributed by atoms with Crippen LogP contribution in [0.15, 0.2) is 76.1 Å². The van der Waals surface area contributed by atoms with Crippen molar-refractivity contribution < 1.29 is 24.5 Å². The average Bonchev–Trinajstić information content (AvgIpc) is 3.25. The molecule has 0 aliphatic carbocycles. The van der Waals surface area contributed by atoms with Gasteiger partial charge in [-0.3, -0.25) is 25.2 Å². The second-order valence-electron chi connectivity index (χ2n) is 7.56. The van der Waals surface area contributed by atoms with Gasteiger partial charge in [-0.2, -0.15) is 0 Å². The molecule has 0 saturated carbocycles. The summed E-state index contributed by atoms with van der Waals surface area (Å²) in [7, 11) is 0. The third-order valence-electron chi connectivity index (χ3n) is 5.33. The summed E-state index contributed by atoms with van der Waals surface area (Å²) in [5.74, 6) is -0.520. The van der Waals surface area contributed by atoms with Crippen molar-refractivity contribution in [1.29, 1.82) is 0 Å². The van der Waals surface area contributed by atoms with Crippen molar-refractivity contribution in [3.8, 4) is 23.0 Å². The van der Waals surface area contributed by atoms with Crippen molar-refractivity contribution in [2.45, 2.75) is 0 Å². The molecule has 5 rings (SSSR count). The molecule has 0 spiro atoms. The molecule has 0 saturated heterocycles. The Morgan fingerprint density at radius 2 is 1.66 bits per heavy atom. The molecule has 0 unspecified atom stereocenters. The minimum absolute atomic E-state index is 0.0104. The first kappa shape index (κ1) is 21.5. The summed E-state index contributed by atoms with van der Waals surface area (Å²) in [6.45, 7) is 0. The summed E-state index contributed by atoms with van der Waals surface area (Å²) >= 11 is 0. The Morgan fingerprint density at radius 1 is 0.914 bits per heavy atom. The Bertz CT molecular complexity index is 1690. The van der Waals surface area contributed by atoms with Gasteiger partial charge in [-0.1, -0.05) is 24.3 Å². The number of nitro benzene ring substituents is 2. The van der Waals surface area contributed by atoms with Gasteiger partial charge in [0, 0.05) is 17.8 Å². The molecule has 11 nitrogen and oxygen atoms in total. The van der Waals surface area contributed by atoms with Gasteiger partial charge in [0.15, 0.2) is 5.58 Å². The van der Waals surface area contributed by atoms with Gasteiger partial charge in [0.25, 0.3) is 5.69 Å². The molecule has 1 aromatic heterocycles. The Hall–Kier alpha value is -5.32. The first-order valence-corrected chi connectivity index (χ1v) is 10.1. The third kappa shape index (κ3) is 3.97. The lowest BCUT2D eigenvalue weighted by Crippen LogP contribution is -1.96. The number of aromatic nitrogens is 1. The van der Waals surface area contributed by atoms with Crippen LogP contribution in [-0.2, 0) is 0 Å². The van der Waals surface area contributed by atoms with Crippen molar-refractivity contribution in [2.24, 2.45) is 4.99 Å². The highest BCUT2D eigenvalue weighted by molar-refractivity contribution is 5.91. The number of benzene rings is 4. The molecular weight excluding hydrogens is 456 g/mol. The predicted octanol–water partition coefficient (Wildman–Crippen LogP) is 5.63. The lowest BCUT2D eigenvalue weighted by molar-refractivity contribution is -0.394. The summed E-state index contributed by atoms with van der Waals surface area (Å²) in [5, 5.41) is 44.6. The highest BCUT2D eigenvalue weighted by atomic mass is 16.6. The number of phenols is 2. The maximum atomic E-state index is 11.1. The van der Waals surface area contributed by atoms with Gasteiger partial charge in [0.05, 0.1) is 27.2 Å². The second-order valence-corrected chi connectivity index (χ2v) is 7.56. The summed E-state index contributed by atoms with van der Waals surface area (Å²) in [5.41, 5.74) is 0.0901. The van der Waals surface area contributed by atoms with E-state index in [2.05, 4.69) is 9.98 Å². The first-order valence-electron chi connectivity index (χ1n) is 10.1. The Balaban J connectivity index is 1.52. The first-order chi connectivity index (χ1) is 16.8. The molecule has 0 bridgehead atoms. The normalized spacial score (nSPS) is 11.4. The second kappa shape index (κ2) is 8.23. The Morgan fingerprint density at radius 3 is 2.37 bits per heavy atom. The van der Waals surface area contributed by atoms with E-state index < -0.39 is 27.0 Å². The third-order valence-corrected chi connectivity index (χ3v) is 5.33. The smallest absolute Gasteiger partial charge is 0.318 e. The van der Waals surface area contributed by atoms with Gasteiger partial charge in [0.1, 0.15) is 11.3 Å². The van der Waals surface area contributed by atoms with Gasteiger partial charge < -0.3 is 14.6 Å². The minimum atomic E-state index is -0.912. The van der Waals surface area contributed by atoms with Crippen LogP contribution in [0.25, 0.3) is 33.3 Å². The van der Waals surface area contributed by atoms with Crippen LogP contribution in [0.2, 0.25) is 0 Å². The fraction of sp³-hybridized carbons (Fsp3) is 0. The molecule has 1 heterocycles. The van der Waals surface area contributed by atoms with Crippen LogP contribution in [-0.4, -0.2) is 31.3 Å². The molecule has 35 heavy (non-hydrogen) atoms. The zero-order chi connectivity index (χ0) is 24.7. The number of fused-ring (bicyclic) bond motifs is 2. The molecule has 4 aromatic carbocycles. The van der Waals surface area contributed by atoms with Crippen molar-refractivity contribution in [3.05, 3.63) is 92.5 Å². The number of nitrogens with zero attached hydrogens (tertiary/aromatic N) is 4. The number of hydrogen-bond acceptors (Lipinski definition) is 9. The number of aromatic hydroxyl groups is 2. The van der Waals surface area contributed by atoms with Crippen LogP contribution in [0.3, 0.4) is 0 Å². The number of hydrogen-bond donors (Lipinski definition) is 2. The largest absolute Gasteiger partial charge is 0.507 e. The van der Waals surface area contributed by atoms with E-state index in [4.69, 9.17) is 4.42 Å². The molecule has 0 amide bonds. The van der Waals surface area contributed by atoms with E-state index in [1.54, 1.807) is 30.3 Å². The van der Waals surface area contributed by atoms with Crippen LogP contribution in [0.1, 0.15) is 5.56 Å². The van der Waals surface area contributed by atoms with E-state index in [1.807, 2.05) is 24.3 Å². The molecule has 0 atom stereocenters. The zero-order valence-electron chi connectivity index (χ0n) is 17.7. The SMILES string of the molecule is O=[N+]([O-])c1cc(C=Nc2ccc3oc(-c4cc5ccccc5cc4O)nc3c2)c(O)c([N+](=O)[O-])c1. The van der Waals surface area contributed by atoms with E-state index in [9.17, 15) is 30.4 Å². The van der Waals surface area contributed by atoms with Crippen LogP contribution < -0.4 is 0 Å². The lowest BCUT2D eigenvalue weighted by Gasteiger charge is -2.03. The number of rotatable bonds is 5. The average molecular weight is 470 g/mol. The van der Waals surface area contributed by atoms with Gasteiger partial charge in [0.2, 0.25) is 11.6 Å². The van der Waals surface area contributed by atoms with Gasteiger partial charge in [-0.25, -0.2) is 4.98 Å². The number of oxazole rings is 1. The van der Waals surface area contributed by atoms with E-state index in [0.717, 1.165) is 23.1 Å². The Kier molecular flexibility index (Phi) is 5.06. The summed E-state index contributed by atoms with van der Waals surface area (Å²) < 4.78 is 5.79. The van der Waals surface area contributed by atoms with Crippen LogP contribution >= 0.6 is 0 Å². The van der Waals surface area contributed by atoms with Crippen molar-refractivity contribution >= 4 is 45.1 Å². The fourth-order valence-corrected chi connectivity index (χ4v) is 3.62. The standard InChI is InChI=1S/C24H14N4O7/c29-21-9-14-4-2-1-3-13(14)8-18(21)24-26-19-10-16(5-6-22(19)35-24)25-12-15-7-17(27(31)32)11-20(23(15)30)28(33)34/h1-12,29-30H. The molecule has 11 heteroatoms. The molecule has 172 valence electrons. The highest BCUT2D eigenvalue weighted by Crippen LogP contribution is 2.36. The van der Waals surface area contributed by atoms with E-state index in [-0.39, 0.29) is 17.2 Å². The maximum absolute atomic E-state index is 11.1. The predicted molar refractivity (Wildman–Crippen MR) is 127 cm³/mol. The van der Waals surface area contributed by atoms with Crippen LogP contribution in [0.5, 0.6) is 11.5 Å². The van der Waals surface area contributed by atoms with Crippen molar-refractivity contribution in [2.75, 3.05) is 0 Å². The fourth-order valence-electron chi connectivity index (χ4n) is 3.62. The van der Waals surface area contributed by atoms with Gasteiger partial charge in [-0.15, -0.1) is 0 Å². The van der Waals surface area contributed by atoms with E-state index in [0.29, 0.717) is 28.4 Å². The lowest BCUT2D eigenvalue weighted by atomic mass is 10.1. The van der Waals surface area contributed by atoms with Gasteiger partial charge >= 0.3 is 5.69 Å². The summed E-state index contributed by atoms with van der Waals surface area (Å²) in [4.78, 5) is 29.1. The molecular formula is C24H14N4O7. The van der Waals surface area contributed by atoms with Crippen LogP contribution in [0.4, 0.5) is 17.1 Å². The quantitative estimate of drug-likeness (QED) is 0.189. The zero-order valence-corrected chi connectivity index (χ0v) is 17.7. The molecule has 0 fully saturated rings. The molecule has 2 N–H and O–H groups in total. The number of phenolic OH excluding ortho intramolecular Hbond substituents is 2. The minimum Gasteiger partial charge on any atom is -0.507 e. The number of non-ortho nitro benzene ring substituents is 1. The molecule has 0 aliphatic rings.